The molecule has 160 valence electrons. The molecule has 3 aromatic rings. The standard InChI is InChI=1S/C23H24ClN5O2/c1-23(30)5-7-29(8-6-23)20-11-16(12-25)9-17-18(20)14-27-28-22(17)26-13-15-3-4-21(31-2)19(24)10-15/h3-4,9-11,14,30H,5-8,13H2,1-2H3,(H,26,28). The first kappa shape index (κ1) is 21.2. The molecular formula is C23H24ClN5O2. The summed E-state index contributed by atoms with van der Waals surface area (Å²) < 4.78 is 5.20. The van der Waals surface area contributed by atoms with Gasteiger partial charge in [0.05, 0.1) is 35.6 Å². The third kappa shape index (κ3) is 4.50. The largest absolute Gasteiger partial charge is 0.495 e. The van der Waals surface area contributed by atoms with Gasteiger partial charge in [0.15, 0.2) is 5.82 Å². The lowest BCUT2D eigenvalue weighted by Crippen LogP contribution is -2.42. The normalized spacial score (nSPS) is 15.5. The third-order valence-corrected chi connectivity index (χ3v) is 6.04. The zero-order valence-electron chi connectivity index (χ0n) is 17.5. The van der Waals surface area contributed by atoms with Gasteiger partial charge in [-0.25, -0.2) is 0 Å². The highest BCUT2D eigenvalue weighted by molar-refractivity contribution is 6.32. The van der Waals surface area contributed by atoms with Gasteiger partial charge in [-0.2, -0.15) is 10.4 Å². The molecule has 2 heterocycles. The average Bonchev–Trinajstić information content (AvgIpc) is 2.77. The predicted octanol–water partition coefficient (Wildman–Crippen LogP) is 4.13. The molecule has 0 saturated carbocycles. The summed E-state index contributed by atoms with van der Waals surface area (Å²) in [6.45, 7) is 3.79. The van der Waals surface area contributed by atoms with Crippen LogP contribution in [0.3, 0.4) is 0 Å². The van der Waals surface area contributed by atoms with Crippen LogP contribution >= 0.6 is 11.6 Å². The molecule has 8 heteroatoms. The minimum atomic E-state index is -0.648. The van der Waals surface area contributed by atoms with Crippen molar-refractivity contribution in [2.45, 2.75) is 31.9 Å². The minimum absolute atomic E-state index is 0.496. The van der Waals surface area contributed by atoms with Crippen molar-refractivity contribution in [1.29, 1.82) is 5.26 Å². The summed E-state index contributed by atoms with van der Waals surface area (Å²) in [7, 11) is 1.58. The maximum absolute atomic E-state index is 10.3. The van der Waals surface area contributed by atoms with E-state index in [1.165, 1.54) is 0 Å². The number of hydrogen-bond acceptors (Lipinski definition) is 7. The monoisotopic (exact) mass is 437 g/mol. The van der Waals surface area contributed by atoms with Gasteiger partial charge in [-0.05, 0) is 49.6 Å². The zero-order chi connectivity index (χ0) is 22.0. The van der Waals surface area contributed by atoms with Crippen molar-refractivity contribution in [2.24, 2.45) is 0 Å². The summed E-state index contributed by atoms with van der Waals surface area (Å²) in [5, 5.41) is 34.0. The highest BCUT2D eigenvalue weighted by Gasteiger charge is 2.28. The van der Waals surface area contributed by atoms with Crippen LogP contribution in [0, 0.1) is 11.3 Å². The molecule has 2 N–H and O–H groups in total. The molecule has 1 aromatic heterocycles. The van der Waals surface area contributed by atoms with Crippen LogP contribution in [-0.4, -0.2) is 41.1 Å². The van der Waals surface area contributed by atoms with Crippen LogP contribution in [0.25, 0.3) is 10.8 Å². The Labute approximate surface area is 186 Å². The molecule has 0 spiro atoms. The van der Waals surface area contributed by atoms with Crippen molar-refractivity contribution in [3.63, 3.8) is 0 Å². The first-order chi connectivity index (χ1) is 14.9. The maximum Gasteiger partial charge on any atom is 0.156 e. The molecule has 0 amide bonds. The quantitative estimate of drug-likeness (QED) is 0.619. The number of fused-ring (bicyclic) bond motifs is 1. The smallest absolute Gasteiger partial charge is 0.156 e. The Bertz CT molecular complexity index is 1150. The van der Waals surface area contributed by atoms with Crippen molar-refractivity contribution in [3.8, 4) is 11.8 Å². The van der Waals surface area contributed by atoms with Gasteiger partial charge in [0.1, 0.15) is 5.75 Å². The topological polar surface area (TPSA) is 94.3 Å². The number of rotatable bonds is 5. The Morgan fingerprint density at radius 3 is 2.71 bits per heavy atom. The number of ether oxygens (including phenoxy) is 1. The number of methoxy groups -OCH3 is 1. The molecule has 0 aliphatic carbocycles. The van der Waals surface area contributed by atoms with E-state index in [0.29, 0.717) is 54.6 Å². The van der Waals surface area contributed by atoms with E-state index in [1.54, 1.807) is 13.3 Å². The van der Waals surface area contributed by atoms with E-state index in [-0.39, 0.29) is 0 Å². The fourth-order valence-corrected chi connectivity index (χ4v) is 4.14. The van der Waals surface area contributed by atoms with Crippen LogP contribution in [0.2, 0.25) is 5.02 Å². The molecule has 1 fully saturated rings. The van der Waals surface area contributed by atoms with E-state index in [4.69, 9.17) is 16.3 Å². The fraction of sp³-hybridized carbons (Fsp3) is 0.348. The first-order valence-electron chi connectivity index (χ1n) is 10.1. The molecule has 31 heavy (non-hydrogen) atoms. The van der Waals surface area contributed by atoms with Gasteiger partial charge in [0, 0.05) is 36.1 Å². The van der Waals surface area contributed by atoms with Gasteiger partial charge in [-0.1, -0.05) is 17.7 Å². The van der Waals surface area contributed by atoms with E-state index in [9.17, 15) is 10.4 Å². The SMILES string of the molecule is COc1ccc(CNc2nncc3c(N4CCC(C)(O)CC4)cc(C#N)cc23)cc1Cl. The summed E-state index contributed by atoms with van der Waals surface area (Å²) in [5.41, 5.74) is 1.82. The Kier molecular flexibility index (Phi) is 5.86. The molecular weight excluding hydrogens is 414 g/mol. The average molecular weight is 438 g/mol. The first-order valence-corrected chi connectivity index (χ1v) is 10.5. The number of aromatic nitrogens is 2. The third-order valence-electron chi connectivity index (χ3n) is 5.74. The van der Waals surface area contributed by atoms with Crippen LogP contribution in [0.1, 0.15) is 30.9 Å². The Morgan fingerprint density at radius 1 is 1.26 bits per heavy atom. The second-order valence-electron chi connectivity index (χ2n) is 8.07. The lowest BCUT2D eigenvalue weighted by Gasteiger charge is -2.37. The van der Waals surface area contributed by atoms with Gasteiger partial charge in [-0.3, -0.25) is 0 Å². The highest BCUT2D eigenvalue weighted by atomic mass is 35.5. The molecule has 0 unspecified atom stereocenters. The number of nitrogens with one attached hydrogen (secondary N) is 1. The number of anilines is 2. The molecule has 7 nitrogen and oxygen atoms in total. The molecule has 0 atom stereocenters. The molecule has 0 radical (unpaired) electrons. The lowest BCUT2D eigenvalue weighted by atomic mass is 9.93. The molecule has 0 bridgehead atoms. The second-order valence-corrected chi connectivity index (χ2v) is 8.48. The highest BCUT2D eigenvalue weighted by Crippen LogP contribution is 2.34. The summed E-state index contributed by atoms with van der Waals surface area (Å²) in [5.74, 6) is 1.23. The predicted molar refractivity (Wildman–Crippen MR) is 122 cm³/mol. The van der Waals surface area contributed by atoms with Crippen molar-refractivity contribution in [3.05, 3.63) is 52.7 Å². The number of benzene rings is 2. The summed E-state index contributed by atoms with van der Waals surface area (Å²) in [6.07, 6.45) is 3.08. The summed E-state index contributed by atoms with van der Waals surface area (Å²) in [4.78, 5) is 2.20. The van der Waals surface area contributed by atoms with Crippen LogP contribution in [0.15, 0.2) is 36.5 Å². The number of hydrogen-bond donors (Lipinski definition) is 2. The summed E-state index contributed by atoms with van der Waals surface area (Å²) >= 11 is 6.23. The molecule has 4 rings (SSSR count). The maximum atomic E-state index is 10.3. The van der Waals surface area contributed by atoms with Gasteiger partial charge in [0.25, 0.3) is 0 Å². The number of halogens is 1. The number of nitrogens with zero attached hydrogens (tertiary/aromatic N) is 4. The van der Waals surface area contributed by atoms with Crippen LogP contribution < -0.4 is 15.0 Å². The van der Waals surface area contributed by atoms with Crippen molar-refractivity contribution >= 4 is 33.9 Å². The van der Waals surface area contributed by atoms with Gasteiger partial charge in [-0.15, -0.1) is 5.10 Å². The van der Waals surface area contributed by atoms with Crippen LogP contribution in [-0.2, 0) is 6.54 Å². The Morgan fingerprint density at radius 2 is 2.03 bits per heavy atom. The molecule has 1 aliphatic heterocycles. The Balaban J connectivity index is 1.66. The van der Waals surface area contributed by atoms with E-state index in [1.807, 2.05) is 37.3 Å². The van der Waals surface area contributed by atoms with Crippen molar-refractivity contribution in [1.82, 2.24) is 10.2 Å². The number of aliphatic hydroxyl groups is 1. The van der Waals surface area contributed by atoms with Gasteiger partial charge in [0.2, 0.25) is 0 Å². The van der Waals surface area contributed by atoms with E-state index in [0.717, 1.165) is 22.0 Å². The lowest BCUT2D eigenvalue weighted by molar-refractivity contribution is 0.0352. The Hall–Kier alpha value is -3.08. The van der Waals surface area contributed by atoms with E-state index < -0.39 is 5.60 Å². The van der Waals surface area contributed by atoms with Crippen LogP contribution in [0.5, 0.6) is 5.75 Å². The number of nitriles is 1. The van der Waals surface area contributed by atoms with Gasteiger partial charge < -0.3 is 20.1 Å². The number of piperidine rings is 1. The molecule has 1 saturated heterocycles. The fourth-order valence-electron chi connectivity index (χ4n) is 3.86. The second kappa shape index (κ2) is 8.58. The van der Waals surface area contributed by atoms with Gasteiger partial charge >= 0.3 is 0 Å². The van der Waals surface area contributed by atoms with Crippen molar-refractivity contribution in [2.75, 3.05) is 30.4 Å². The van der Waals surface area contributed by atoms with Crippen LogP contribution in [0.4, 0.5) is 11.5 Å². The zero-order valence-corrected chi connectivity index (χ0v) is 18.3. The van der Waals surface area contributed by atoms with E-state index >= 15 is 0 Å². The van der Waals surface area contributed by atoms with E-state index in [2.05, 4.69) is 26.5 Å². The molecule has 2 aromatic carbocycles. The van der Waals surface area contributed by atoms with Crippen molar-refractivity contribution < 1.29 is 9.84 Å². The molecule has 1 aliphatic rings. The minimum Gasteiger partial charge on any atom is -0.495 e. The summed E-state index contributed by atoms with van der Waals surface area (Å²) in [6, 6.07) is 11.6.